The lowest BCUT2D eigenvalue weighted by atomic mass is 10.1. The summed E-state index contributed by atoms with van der Waals surface area (Å²) in [5.74, 6) is 0.0706. The van der Waals surface area contributed by atoms with Crippen LogP contribution in [0.2, 0.25) is 0 Å². The van der Waals surface area contributed by atoms with Gasteiger partial charge in [0.1, 0.15) is 11.3 Å². The highest BCUT2D eigenvalue weighted by Crippen LogP contribution is 2.25. The zero-order valence-corrected chi connectivity index (χ0v) is 9.16. The number of rotatable bonds is 3. The Labute approximate surface area is 89.0 Å². The first-order valence-corrected chi connectivity index (χ1v) is 4.71. The number of nitrogens with two attached hydrogens (primary N) is 1. The zero-order chi connectivity index (χ0) is 11.4. The Balaban J connectivity index is 3.15. The maximum absolute atomic E-state index is 11.5. The second kappa shape index (κ2) is 4.68. The minimum atomic E-state index is -0.416. The van der Waals surface area contributed by atoms with E-state index in [1.165, 1.54) is 7.11 Å². The third kappa shape index (κ3) is 2.40. The molecular formula is C11H15NO3. The summed E-state index contributed by atoms with van der Waals surface area (Å²) in [6.07, 6.45) is 0. The SMILES string of the molecule is CCOC(=O)c1cc(N)c(C)cc1OC. The van der Waals surface area contributed by atoms with E-state index in [2.05, 4.69) is 0 Å². The minimum absolute atomic E-state index is 0.329. The number of esters is 1. The normalized spacial score (nSPS) is 9.80. The maximum Gasteiger partial charge on any atom is 0.341 e. The fourth-order valence-electron chi connectivity index (χ4n) is 1.24. The summed E-state index contributed by atoms with van der Waals surface area (Å²) in [5.41, 5.74) is 7.51. The molecule has 0 unspecified atom stereocenters. The van der Waals surface area contributed by atoms with Crippen LogP contribution in [-0.4, -0.2) is 19.7 Å². The smallest absolute Gasteiger partial charge is 0.341 e. The van der Waals surface area contributed by atoms with Gasteiger partial charge in [-0.2, -0.15) is 0 Å². The lowest BCUT2D eigenvalue weighted by Gasteiger charge is -2.10. The van der Waals surface area contributed by atoms with E-state index in [0.29, 0.717) is 23.6 Å². The summed E-state index contributed by atoms with van der Waals surface area (Å²) in [5, 5.41) is 0. The summed E-state index contributed by atoms with van der Waals surface area (Å²) in [6.45, 7) is 3.93. The number of hydrogen-bond donors (Lipinski definition) is 1. The molecule has 82 valence electrons. The summed E-state index contributed by atoms with van der Waals surface area (Å²) in [7, 11) is 1.51. The Bertz CT molecular complexity index is 374. The van der Waals surface area contributed by atoms with Gasteiger partial charge >= 0.3 is 5.97 Å². The van der Waals surface area contributed by atoms with Gasteiger partial charge in [0.25, 0.3) is 0 Å². The predicted molar refractivity (Wildman–Crippen MR) is 58.1 cm³/mol. The molecule has 15 heavy (non-hydrogen) atoms. The molecule has 0 saturated carbocycles. The van der Waals surface area contributed by atoms with Gasteiger partial charge in [0.2, 0.25) is 0 Å². The van der Waals surface area contributed by atoms with Crippen LogP contribution < -0.4 is 10.5 Å². The lowest BCUT2D eigenvalue weighted by molar-refractivity contribution is 0.0523. The fraction of sp³-hybridized carbons (Fsp3) is 0.364. The van der Waals surface area contributed by atoms with Crippen LogP contribution in [0.15, 0.2) is 12.1 Å². The van der Waals surface area contributed by atoms with E-state index in [9.17, 15) is 4.79 Å². The Kier molecular flexibility index (Phi) is 3.55. The molecule has 0 aliphatic carbocycles. The number of methoxy groups -OCH3 is 1. The Morgan fingerprint density at radius 3 is 2.67 bits per heavy atom. The summed E-state index contributed by atoms with van der Waals surface area (Å²) >= 11 is 0. The van der Waals surface area contributed by atoms with E-state index < -0.39 is 5.97 Å². The van der Waals surface area contributed by atoms with Crippen LogP contribution in [0.5, 0.6) is 5.75 Å². The molecule has 1 aromatic carbocycles. The molecule has 0 bridgehead atoms. The van der Waals surface area contributed by atoms with Gasteiger partial charge in [-0.05, 0) is 31.5 Å². The van der Waals surface area contributed by atoms with Crippen LogP contribution in [0.4, 0.5) is 5.69 Å². The number of benzene rings is 1. The van der Waals surface area contributed by atoms with Crippen molar-refractivity contribution in [1.82, 2.24) is 0 Å². The fourth-order valence-corrected chi connectivity index (χ4v) is 1.24. The first kappa shape index (κ1) is 11.4. The van der Waals surface area contributed by atoms with Gasteiger partial charge < -0.3 is 15.2 Å². The summed E-state index contributed by atoms with van der Waals surface area (Å²) in [4.78, 5) is 11.5. The molecule has 0 fully saturated rings. The van der Waals surface area contributed by atoms with Crippen molar-refractivity contribution in [1.29, 1.82) is 0 Å². The molecule has 0 radical (unpaired) electrons. The second-order valence-corrected chi connectivity index (χ2v) is 3.13. The van der Waals surface area contributed by atoms with Crippen LogP contribution in [0.25, 0.3) is 0 Å². The molecule has 4 heteroatoms. The van der Waals surface area contributed by atoms with Crippen molar-refractivity contribution in [2.45, 2.75) is 13.8 Å². The Morgan fingerprint density at radius 2 is 2.13 bits per heavy atom. The Morgan fingerprint density at radius 1 is 1.47 bits per heavy atom. The lowest BCUT2D eigenvalue weighted by Crippen LogP contribution is -2.08. The molecule has 2 N–H and O–H groups in total. The van der Waals surface area contributed by atoms with Crippen molar-refractivity contribution >= 4 is 11.7 Å². The largest absolute Gasteiger partial charge is 0.496 e. The van der Waals surface area contributed by atoms with Crippen molar-refractivity contribution in [3.8, 4) is 5.75 Å². The van der Waals surface area contributed by atoms with Gasteiger partial charge in [-0.15, -0.1) is 0 Å². The van der Waals surface area contributed by atoms with Crippen LogP contribution >= 0.6 is 0 Å². The molecule has 1 rings (SSSR count). The minimum Gasteiger partial charge on any atom is -0.496 e. The number of ether oxygens (including phenoxy) is 2. The van der Waals surface area contributed by atoms with Crippen molar-refractivity contribution in [2.24, 2.45) is 0 Å². The van der Waals surface area contributed by atoms with Crippen LogP contribution in [0, 0.1) is 6.92 Å². The summed E-state index contributed by atoms with van der Waals surface area (Å²) in [6, 6.07) is 3.30. The Hall–Kier alpha value is -1.71. The van der Waals surface area contributed by atoms with Crippen LogP contribution in [0.1, 0.15) is 22.8 Å². The van der Waals surface area contributed by atoms with Gasteiger partial charge in [-0.1, -0.05) is 0 Å². The van der Waals surface area contributed by atoms with E-state index in [-0.39, 0.29) is 0 Å². The van der Waals surface area contributed by atoms with E-state index in [1.54, 1.807) is 19.1 Å². The summed E-state index contributed by atoms with van der Waals surface area (Å²) < 4.78 is 9.98. The highest BCUT2D eigenvalue weighted by Gasteiger charge is 2.14. The third-order valence-electron chi connectivity index (χ3n) is 2.08. The van der Waals surface area contributed by atoms with Crippen LogP contribution in [0.3, 0.4) is 0 Å². The predicted octanol–water partition coefficient (Wildman–Crippen LogP) is 1.76. The van der Waals surface area contributed by atoms with Gasteiger partial charge in [0.05, 0.1) is 13.7 Å². The van der Waals surface area contributed by atoms with E-state index in [4.69, 9.17) is 15.2 Å². The van der Waals surface area contributed by atoms with Crippen molar-refractivity contribution < 1.29 is 14.3 Å². The van der Waals surface area contributed by atoms with Gasteiger partial charge in [0.15, 0.2) is 0 Å². The van der Waals surface area contributed by atoms with E-state index in [0.717, 1.165) is 5.56 Å². The average molecular weight is 209 g/mol. The molecule has 0 aliphatic heterocycles. The number of nitrogen functional groups attached to an aromatic ring is 1. The van der Waals surface area contributed by atoms with Crippen molar-refractivity contribution in [3.63, 3.8) is 0 Å². The topological polar surface area (TPSA) is 61.5 Å². The molecule has 1 aromatic rings. The maximum atomic E-state index is 11.5. The van der Waals surface area contributed by atoms with Gasteiger partial charge in [0, 0.05) is 5.69 Å². The highest BCUT2D eigenvalue weighted by atomic mass is 16.5. The molecule has 0 atom stereocenters. The number of hydrogen-bond acceptors (Lipinski definition) is 4. The zero-order valence-electron chi connectivity index (χ0n) is 9.16. The first-order valence-electron chi connectivity index (χ1n) is 4.71. The van der Waals surface area contributed by atoms with Crippen LogP contribution in [-0.2, 0) is 4.74 Å². The van der Waals surface area contributed by atoms with E-state index >= 15 is 0 Å². The second-order valence-electron chi connectivity index (χ2n) is 3.13. The number of aryl methyl sites for hydroxylation is 1. The van der Waals surface area contributed by atoms with E-state index in [1.807, 2.05) is 6.92 Å². The monoisotopic (exact) mass is 209 g/mol. The average Bonchev–Trinajstić information content (AvgIpc) is 2.21. The molecule has 0 aromatic heterocycles. The highest BCUT2D eigenvalue weighted by molar-refractivity contribution is 5.94. The van der Waals surface area contributed by atoms with Gasteiger partial charge in [-0.25, -0.2) is 4.79 Å². The van der Waals surface area contributed by atoms with Crippen molar-refractivity contribution in [3.05, 3.63) is 23.3 Å². The number of carbonyl (C=O) groups is 1. The molecule has 0 spiro atoms. The quantitative estimate of drug-likeness (QED) is 0.608. The molecule has 0 saturated heterocycles. The molecule has 4 nitrogen and oxygen atoms in total. The first-order chi connectivity index (χ1) is 7.10. The molecular weight excluding hydrogens is 194 g/mol. The molecule has 0 aliphatic rings. The third-order valence-corrected chi connectivity index (χ3v) is 2.08. The number of carbonyl (C=O) groups excluding carboxylic acids is 1. The molecule has 0 amide bonds. The number of anilines is 1. The molecule has 0 heterocycles. The van der Waals surface area contributed by atoms with Gasteiger partial charge in [-0.3, -0.25) is 0 Å². The standard InChI is InChI=1S/C11H15NO3/c1-4-15-11(13)8-6-9(12)7(2)5-10(8)14-3/h5-6H,4,12H2,1-3H3. The van der Waals surface area contributed by atoms with Crippen molar-refractivity contribution in [2.75, 3.05) is 19.5 Å².